The summed E-state index contributed by atoms with van der Waals surface area (Å²) in [6.07, 6.45) is -3.79. The molecule has 10 nitrogen and oxygen atoms in total. The van der Waals surface area contributed by atoms with Gasteiger partial charge in [-0.2, -0.15) is 0 Å². The fourth-order valence-electron chi connectivity index (χ4n) is 6.53. The Morgan fingerprint density at radius 1 is 0.913 bits per heavy atom. The molecule has 2 aliphatic heterocycles. The third-order valence-electron chi connectivity index (χ3n) is 8.87. The van der Waals surface area contributed by atoms with Crippen LogP contribution in [0.4, 0.5) is 0 Å². The van der Waals surface area contributed by atoms with E-state index in [0.29, 0.717) is 0 Å². The molecule has 0 saturated carbocycles. The van der Waals surface area contributed by atoms with E-state index in [9.17, 15) is 19.2 Å². The number of hydrogen-bond acceptors (Lipinski definition) is 8. The minimum Gasteiger partial charge on any atom is -0.469 e. The number of rotatable bonds is 6. The van der Waals surface area contributed by atoms with Crippen LogP contribution in [-0.4, -0.2) is 57.7 Å². The highest BCUT2D eigenvalue weighted by atomic mass is 16.5. The van der Waals surface area contributed by atoms with Crippen molar-refractivity contribution in [1.29, 1.82) is 0 Å². The molecule has 0 spiro atoms. The topological polar surface area (TPSA) is 144 Å². The lowest BCUT2D eigenvalue weighted by Gasteiger charge is -2.18. The van der Waals surface area contributed by atoms with Gasteiger partial charge in [-0.1, -0.05) is 20.6 Å². The lowest BCUT2D eigenvalue weighted by Crippen LogP contribution is -2.21. The molecule has 0 amide bonds. The number of aryl methyl sites for hydroxylation is 2. The number of H-pyrrole nitrogens is 2. The third kappa shape index (κ3) is 4.77. The number of fused-ring (bicyclic) bond motifs is 8. The predicted octanol–water partition coefficient (Wildman–Crippen LogP) is 6.72. The van der Waals surface area contributed by atoms with E-state index in [-0.39, 0.29) is 79.1 Å². The van der Waals surface area contributed by atoms with E-state index in [1.807, 2.05) is 0 Å². The number of Topliss-reactive ketones (excluding diaryl/α,β-unsaturated/α-hetero) is 2. The molecule has 10 heteroatoms. The van der Waals surface area contributed by atoms with Crippen LogP contribution in [0.15, 0.2) is 18.2 Å². The number of aromatic nitrogens is 4. The third-order valence-corrected chi connectivity index (χ3v) is 8.87. The van der Waals surface area contributed by atoms with Crippen LogP contribution in [0.25, 0.3) is 22.1 Å². The summed E-state index contributed by atoms with van der Waals surface area (Å²) in [5.74, 6) is -10.6. The van der Waals surface area contributed by atoms with Gasteiger partial charge in [-0.15, -0.1) is 0 Å². The molecule has 46 heavy (non-hydrogen) atoms. The van der Waals surface area contributed by atoms with E-state index in [2.05, 4.69) is 9.97 Å². The number of carbonyl (C=O) groups is 4. The number of nitrogens with one attached hydrogen (secondary N) is 2. The molecule has 1 aliphatic carbocycles. The summed E-state index contributed by atoms with van der Waals surface area (Å²) in [7, 11) is 1.98. The maximum Gasteiger partial charge on any atom is 0.321 e. The van der Waals surface area contributed by atoms with Gasteiger partial charge in [0, 0.05) is 91.3 Å². The summed E-state index contributed by atoms with van der Waals surface area (Å²) in [6.45, 7) is -7.49. The van der Waals surface area contributed by atoms with Gasteiger partial charge >= 0.3 is 11.9 Å². The first-order valence-corrected chi connectivity index (χ1v) is 14.4. The van der Waals surface area contributed by atoms with E-state index >= 15 is 0 Å². The molecule has 0 radical (unpaired) electrons. The monoisotopic (exact) mass is 644 g/mol. The van der Waals surface area contributed by atoms with Gasteiger partial charge in [-0.05, 0) is 62.8 Å². The lowest BCUT2D eigenvalue weighted by atomic mass is 9.92. The maximum atomic E-state index is 14.4. The van der Waals surface area contributed by atoms with Crippen molar-refractivity contribution in [2.45, 2.75) is 90.1 Å². The van der Waals surface area contributed by atoms with E-state index in [1.165, 1.54) is 25.1 Å². The lowest BCUT2D eigenvalue weighted by molar-refractivity contribution is -0.142. The molecule has 8 bridgehead atoms. The van der Waals surface area contributed by atoms with Crippen molar-refractivity contribution in [1.82, 2.24) is 19.9 Å². The van der Waals surface area contributed by atoms with Gasteiger partial charge in [0.15, 0.2) is 11.6 Å². The van der Waals surface area contributed by atoms with Crippen LogP contribution in [-0.2, 0) is 19.1 Å². The Morgan fingerprint density at radius 2 is 1.61 bits per heavy atom. The zero-order valence-corrected chi connectivity index (χ0v) is 25.3. The smallest absolute Gasteiger partial charge is 0.321 e. The first kappa shape index (κ1) is 19.8. The molecule has 0 unspecified atom stereocenters. The van der Waals surface area contributed by atoms with Gasteiger partial charge < -0.3 is 19.4 Å². The summed E-state index contributed by atoms with van der Waals surface area (Å²) < 4.78 is 112. The predicted molar refractivity (Wildman–Crippen MR) is 173 cm³/mol. The van der Waals surface area contributed by atoms with Crippen LogP contribution in [0.5, 0.6) is 0 Å². The summed E-state index contributed by atoms with van der Waals surface area (Å²) in [4.78, 5) is 69.6. The molecule has 3 aliphatic rings. The van der Waals surface area contributed by atoms with Crippen molar-refractivity contribution in [3.05, 3.63) is 68.8 Å². The molecule has 5 atom stereocenters. The van der Waals surface area contributed by atoms with Crippen LogP contribution in [0.2, 0.25) is 0 Å². The fraction of sp³-hybridized carbons (Fsp3) is 0.444. The Kier molecular flexibility index (Phi) is 5.01. The van der Waals surface area contributed by atoms with Gasteiger partial charge in [0.2, 0.25) is 0 Å². The van der Waals surface area contributed by atoms with Crippen molar-refractivity contribution in [2.24, 2.45) is 0 Å². The molecule has 2 N–H and O–H groups in total. The van der Waals surface area contributed by atoms with E-state index in [0.717, 1.165) is 14.2 Å². The summed E-state index contributed by atoms with van der Waals surface area (Å²) in [5, 5.41) is 0. The first-order valence-electron chi connectivity index (χ1n) is 21.2. The average Bonchev–Trinajstić information content (AvgIpc) is 3.90. The number of aromatic amines is 2. The van der Waals surface area contributed by atoms with Crippen molar-refractivity contribution >= 4 is 45.6 Å². The minimum atomic E-state index is -2.78. The molecule has 0 saturated heterocycles. The van der Waals surface area contributed by atoms with E-state index < -0.39 is 100 Å². The molecule has 0 fully saturated rings. The number of ketones is 2. The average molecular weight is 645 g/mol. The Morgan fingerprint density at radius 3 is 2.28 bits per heavy atom. The van der Waals surface area contributed by atoms with E-state index in [1.54, 1.807) is 0 Å². The standard InChI is InChI=1S/C36H40N4O6/c1-9-20-15(2)22-14-27-29(19(6)41)17(4)24(38-27)12-23-16(3)21(10-11-28(42)45-7)33(39-23)31-32(36(44)46-8)35(43)30-18(5)25(40-34(30)31)13-26(20)37-22/h12-16,20-21,32,38,40H,9-11H2,1-8H3/t15-,16+,20-,21+,32-/m1/s1/i1+1D2,2+1D2,3+1D2,4+1D2,5+1D2,6+1,11+1D2,32+1. The number of ether oxygens (including phenoxy) is 2. The van der Waals surface area contributed by atoms with Crippen LogP contribution >= 0.6 is 0 Å². The van der Waals surface area contributed by atoms with Crippen LogP contribution in [0.1, 0.15) is 153 Å². The fourth-order valence-corrected chi connectivity index (χ4v) is 6.53. The second kappa shape index (κ2) is 11.6. The Balaban J connectivity index is 1.91. The van der Waals surface area contributed by atoms with Crippen molar-refractivity contribution < 1.29 is 45.1 Å². The van der Waals surface area contributed by atoms with Crippen LogP contribution in [0, 0.1) is 13.8 Å². The van der Waals surface area contributed by atoms with Crippen molar-refractivity contribution in [3.63, 3.8) is 0 Å². The number of nitrogens with zero attached hydrogens (tertiary/aromatic N) is 2. The summed E-state index contributed by atoms with van der Waals surface area (Å²) >= 11 is 0. The SMILES string of the molecule is [2H][13CH]([2H])C[C@H]1c2cc3[nH]c4c(c3[13CH]([2H])[2H])C(=O)[13C@H](C(=O)OC)c4c3nc(cc4[nH]c(cc(n2)[C@@H]1[13CH]([2H])[2H])c(C([13CH3])=O)c4[13CH]([2H])[2H])[C@@H]([13CH]([2H])[2H])[C@@H]3C[13C]([2H])([2H])C(=O)OC. The van der Waals surface area contributed by atoms with Gasteiger partial charge in [-0.25, -0.2) is 0 Å². The molecule has 3 aromatic rings. The van der Waals surface area contributed by atoms with Gasteiger partial charge in [0.05, 0.1) is 30.9 Å². The van der Waals surface area contributed by atoms with Gasteiger partial charge in [-0.3, -0.25) is 29.1 Å². The number of carbonyl (C=O) groups excluding carboxylic acids is 4. The van der Waals surface area contributed by atoms with Crippen molar-refractivity contribution in [3.8, 4) is 0 Å². The molecule has 6 rings (SSSR count). The second-order valence-electron chi connectivity index (χ2n) is 11.4. The molecule has 0 aromatic carbocycles. The normalized spacial score (nSPS) is 26.3. The molecular formula is C36H40N4O6. The number of hydrogen-bond donors (Lipinski definition) is 2. The van der Waals surface area contributed by atoms with Crippen LogP contribution < -0.4 is 0 Å². The minimum absolute atomic E-state index is 0.0153. The number of methoxy groups -OCH3 is 2. The molecule has 5 heterocycles. The molecule has 3 aromatic heterocycles. The summed E-state index contributed by atoms with van der Waals surface area (Å²) in [6, 6.07) is 3.99. The highest BCUT2D eigenvalue weighted by Crippen LogP contribution is 2.48. The van der Waals surface area contributed by atoms with Crippen LogP contribution in [0.3, 0.4) is 0 Å². The quantitative estimate of drug-likeness (QED) is 0.130. The number of esters is 2. The zero-order chi connectivity index (χ0) is 42.9. The van der Waals surface area contributed by atoms with Crippen molar-refractivity contribution in [2.75, 3.05) is 14.2 Å². The highest BCUT2D eigenvalue weighted by Gasteiger charge is 2.45. The van der Waals surface area contributed by atoms with Gasteiger partial charge in [0.25, 0.3) is 0 Å². The maximum absolute atomic E-state index is 14.4. The Bertz CT molecular complexity index is 2360. The largest absolute Gasteiger partial charge is 0.469 e. The zero-order valence-electron chi connectivity index (χ0n) is 37.3. The second-order valence-corrected chi connectivity index (χ2v) is 11.4. The van der Waals surface area contributed by atoms with Gasteiger partial charge in [0.1, 0.15) is 5.92 Å². The first-order chi connectivity index (χ1) is 27.1. The Hall–Kier alpha value is -4.60. The highest BCUT2D eigenvalue weighted by molar-refractivity contribution is 6.23. The Labute approximate surface area is 284 Å². The molecule has 240 valence electrons. The van der Waals surface area contributed by atoms with E-state index in [4.69, 9.17) is 35.9 Å². The molecular weight excluding hydrogens is 592 g/mol. The summed E-state index contributed by atoms with van der Waals surface area (Å²) in [5.41, 5.74) is -1.36.